The predicted molar refractivity (Wildman–Crippen MR) is 366 cm³/mol. The maximum Gasteiger partial charge on any atom is 0.305 e. The molecule has 1 amide bonds. The number of aliphatic hydroxyl groups excluding tert-OH is 2. The van der Waals surface area contributed by atoms with Gasteiger partial charge in [-0.2, -0.15) is 0 Å². The van der Waals surface area contributed by atoms with E-state index in [4.69, 9.17) is 4.74 Å². The largest absolute Gasteiger partial charge is 0.466 e. The van der Waals surface area contributed by atoms with Crippen LogP contribution in [0.2, 0.25) is 0 Å². The average molecular weight is 1170 g/mol. The minimum atomic E-state index is -0.668. The molecule has 6 heteroatoms. The van der Waals surface area contributed by atoms with E-state index in [0.717, 1.165) is 44.9 Å². The van der Waals surface area contributed by atoms with Crippen molar-refractivity contribution in [2.45, 2.75) is 443 Å². The Kier molecular flexibility index (Phi) is 71.4. The molecule has 3 N–H and O–H groups in total. The van der Waals surface area contributed by atoms with E-state index in [1.54, 1.807) is 0 Å². The van der Waals surface area contributed by atoms with Crippen LogP contribution in [-0.4, -0.2) is 47.4 Å². The number of hydrogen-bond acceptors (Lipinski definition) is 5. The second-order valence-electron chi connectivity index (χ2n) is 26.3. The summed E-state index contributed by atoms with van der Waals surface area (Å²) in [6, 6.07) is -0.545. The molecule has 83 heavy (non-hydrogen) atoms. The molecule has 0 heterocycles. The summed E-state index contributed by atoms with van der Waals surface area (Å²) >= 11 is 0. The van der Waals surface area contributed by atoms with Gasteiger partial charge in [-0.1, -0.05) is 385 Å². The van der Waals surface area contributed by atoms with Gasteiger partial charge < -0.3 is 20.3 Å². The van der Waals surface area contributed by atoms with Crippen molar-refractivity contribution in [3.8, 4) is 0 Å². The van der Waals surface area contributed by atoms with Gasteiger partial charge in [-0.3, -0.25) is 9.59 Å². The van der Waals surface area contributed by atoms with Crippen molar-refractivity contribution < 1.29 is 24.5 Å². The van der Waals surface area contributed by atoms with Crippen LogP contribution in [0.3, 0.4) is 0 Å². The summed E-state index contributed by atoms with van der Waals surface area (Å²) in [6.07, 6.45) is 92.5. The summed E-state index contributed by atoms with van der Waals surface area (Å²) in [6.45, 7) is 5.00. The Hall–Kier alpha value is -1.66. The lowest BCUT2D eigenvalue weighted by Crippen LogP contribution is -2.45. The van der Waals surface area contributed by atoms with Crippen LogP contribution >= 0.6 is 0 Å². The number of esters is 1. The first-order chi connectivity index (χ1) is 41.0. The summed E-state index contributed by atoms with van der Waals surface area (Å²) in [4.78, 5) is 24.6. The Labute approximate surface area is 520 Å². The van der Waals surface area contributed by atoms with Crippen LogP contribution in [-0.2, 0) is 14.3 Å². The van der Waals surface area contributed by atoms with Gasteiger partial charge >= 0.3 is 5.97 Å². The second-order valence-corrected chi connectivity index (χ2v) is 26.3. The van der Waals surface area contributed by atoms with Gasteiger partial charge in [0.1, 0.15) is 0 Å². The predicted octanol–water partition coefficient (Wildman–Crippen LogP) is 24.9. The standard InChI is InChI=1S/C77H149NO5/c1-3-5-7-9-11-13-15-17-19-20-21-22-23-29-32-35-38-42-45-49-53-57-61-65-69-75(80)74(73-79)78-76(81)70-66-62-58-54-50-46-43-39-36-33-30-27-25-24-26-28-31-34-37-40-44-48-52-56-60-64-68-72-83-77(82)71-67-63-59-55-51-47-41-18-16-14-12-10-8-6-4-2/h24-25,28,31,74-75,79-80H,3-23,26-27,29-30,32-73H2,1-2H3,(H,78,81)/b25-24-,31-28-. The van der Waals surface area contributed by atoms with E-state index >= 15 is 0 Å². The highest BCUT2D eigenvalue weighted by Crippen LogP contribution is 2.20. The van der Waals surface area contributed by atoms with Gasteiger partial charge in [0.15, 0.2) is 0 Å². The average Bonchev–Trinajstić information content (AvgIpc) is 3.49. The Bertz CT molecular complexity index is 1300. The SMILES string of the molecule is CCCCCCCCCCCCCCCCCCCCCCCCCCC(O)C(CO)NC(=O)CCCCCCCCCCCCC/C=C\C/C=C\CCCCCCCCCCCOC(=O)CCCCCCCCCCCCCCCCC. The maximum absolute atomic E-state index is 12.6. The molecule has 0 saturated heterocycles. The third-order valence-electron chi connectivity index (χ3n) is 18.0. The number of carbonyl (C=O) groups is 2. The van der Waals surface area contributed by atoms with Crippen LogP contribution in [0, 0.1) is 0 Å². The van der Waals surface area contributed by atoms with Crippen molar-refractivity contribution in [3.05, 3.63) is 24.3 Å². The zero-order valence-corrected chi connectivity index (χ0v) is 56.5. The van der Waals surface area contributed by atoms with Gasteiger partial charge in [0.2, 0.25) is 5.91 Å². The molecule has 0 fully saturated rings. The van der Waals surface area contributed by atoms with Crippen molar-refractivity contribution in [3.63, 3.8) is 0 Å². The lowest BCUT2D eigenvalue weighted by Gasteiger charge is -2.22. The van der Waals surface area contributed by atoms with Crippen LogP contribution in [0.4, 0.5) is 0 Å². The minimum Gasteiger partial charge on any atom is -0.466 e. The van der Waals surface area contributed by atoms with E-state index < -0.39 is 12.1 Å². The third-order valence-corrected chi connectivity index (χ3v) is 18.0. The van der Waals surface area contributed by atoms with E-state index in [1.807, 2.05) is 0 Å². The van der Waals surface area contributed by atoms with Crippen molar-refractivity contribution in [2.24, 2.45) is 0 Å². The van der Waals surface area contributed by atoms with Gasteiger partial charge in [0.25, 0.3) is 0 Å². The molecule has 2 unspecified atom stereocenters. The summed E-state index contributed by atoms with van der Waals surface area (Å²) in [5.74, 6) is -0.0182. The van der Waals surface area contributed by atoms with E-state index in [1.165, 1.54) is 353 Å². The molecule has 0 radical (unpaired) electrons. The van der Waals surface area contributed by atoms with Gasteiger partial charge in [-0.25, -0.2) is 0 Å². The van der Waals surface area contributed by atoms with Gasteiger partial charge in [0, 0.05) is 12.8 Å². The van der Waals surface area contributed by atoms with Crippen LogP contribution in [0.5, 0.6) is 0 Å². The molecule has 0 aliphatic heterocycles. The lowest BCUT2D eigenvalue weighted by molar-refractivity contribution is -0.143. The molecular weight excluding hydrogens is 1020 g/mol. The normalized spacial score (nSPS) is 12.6. The van der Waals surface area contributed by atoms with Crippen molar-refractivity contribution in [1.82, 2.24) is 5.32 Å². The van der Waals surface area contributed by atoms with Crippen molar-refractivity contribution in [2.75, 3.05) is 13.2 Å². The molecule has 0 spiro atoms. The number of amides is 1. The zero-order chi connectivity index (χ0) is 59.9. The highest BCUT2D eigenvalue weighted by atomic mass is 16.5. The Balaban J connectivity index is 3.41. The number of nitrogens with one attached hydrogen (secondary N) is 1. The first-order valence-electron chi connectivity index (χ1n) is 38.1. The molecule has 0 aromatic rings. The fourth-order valence-corrected chi connectivity index (χ4v) is 12.2. The third kappa shape index (κ3) is 69.3. The molecule has 0 bridgehead atoms. The smallest absolute Gasteiger partial charge is 0.305 e. The Morgan fingerprint density at radius 1 is 0.337 bits per heavy atom. The fourth-order valence-electron chi connectivity index (χ4n) is 12.2. The number of allylic oxidation sites excluding steroid dienone is 4. The summed E-state index contributed by atoms with van der Waals surface area (Å²) in [7, 11) is 0. The van der Waals surface area contributed by atoms with Crippen LogP contribution < -0.4 is 5.32 Å². The second kappa shape index (κ2) is 72.8. The molecule has 0 rings (SSSR count). The lowest BCUT2D eigenvalue weighted by atomic mass is 10.0. The minimum absolute atomic E-state index is 0.0146. The molecule has 0 saturated carbocycles. The molecule has 492 valence electrons. The molecule has 0 aliphatic carbocycles. The fraction of sp³-hybridized carbons (Fsp3) is 0.922. The highest BCUT2D eigenvalue weighted by Gasteiger charge is 2.20. The number of aliphatic hydroxyl groups is 2. The molecule has 6 nitrogen and oxygen atoms in total. The highest BCUT2D eigenvalue weighted by molar-refractivity contribution is 5.76. The topological polar surface area (TPSA) is 95.9 Å². The van der Waals surface area contributed by atoms with Crippen molar-refractivity contribution in [1.29, 1.82) is 0 Å². The van der Waals surface area contributed by atoms with E-state index in [2.05, 4.69) is 43.5 Å². The Morgan fingerprint density at radius 2 is 0.602 bits per heavy atom. The Morgan fingerprint density at radius 3 is 0.916 bits per heavy atom. The number of ether oxygens (including phenoxy) is 1. The monoisotopic (exact) mass is 1170 g/mol. The number of rotatable bonds is 72. The van der Waals surface area contributed by atoms with Crippen LogP contribution in [0.25, 0.3) is 0 Å². The quantitative estimate of drug-likeness (QED) is 0.0320. The zero-order valence-electron chi connectivity index (χ0n) is 56.5. The van der Waals surface area contributed by atoms with Crippen molar-refractivity contribution >= 4 is 11.9 Å². The number of unbranched alkanes of at least 4 members (excludes halogenated alkanes) is 57. The molecule has 2 atom stereocenters. The molecule has 0 aliphatic rings. The van der Waals surface area contributed by atoms with Gasteiger partial charge in [-0.15, -0.1) is 0 Å². The number of carbonyl (C=O) groups excluding carboxylic acids is 2. The molecule has 0 aromatic heterocycles. The summed E-state index contributed by atoms with van der Waals surface area (Å²) < 4.78 is 5.50. The van der Waals surface area contributed by atoms with Gasteiger partial charge in [-0.05, 0) is 57.8 Å². The van der Waals surface area contributed by atoms with E-state index in [-0.39, 0.29) is 18.5 Å². The number of hydrogen-bond donors (Lipinski definition) is 3. The van der Waals surface area contributed by atoms with Crippen LogP contribution in [0.1, 0.15) is 431 Å². The maximum atomic E-state index is 12.6. The molecular formula is C77H149NO5. The molecule has 0 aromatic carbocycles. The summed E-state index contributed by atoms with van der Waals surface area (Å²) in [5, 5.41) is 23.5. The summed E-state index contributed by atoms with van der Waals surface area (Å²) in [5.41, 5.74) is 0. The first kappa shape index (κ1) is 81.3. The first-order valence-corrected chi connectivity index (χ1v) is 38.1. The van der Waals surface area contributed by atoms with Crippen LogP contribution in [0.15, 0.2) is 24.3 Å². The van der Waals surface area contributed by atoms with E-state index in [9.17, 15) is 19.8 Å². The van der Waals surface area contributed by atoms with E-state index in [0.29, 0.717) is 25.9 Å². The van der Waals surface area contributed by atoms with Gasteiger partial charge in [0.05, 0.1) is 25.4 Å².